The van der Waals surface area contributed by atoms with Gasteiger partial charge in [0.2, 0.25) is 0 Å². The zero-order valence-electron chi connectivity index (χ0n) is 16.8. The van der Waals surface area contributed by atoms with E-state index in [1.54, 1.807) is 17.7 Å². The standard InChI is InChI=1S/C22H21ClN2O5/c1-14-18(21(23)25(24-14)12-16-7-5-4-6-8-16)9-10-20(26)29-13-17-11-19(15(2)30-17)22(27)28-3/h4-11H,12-13H2,1-3H3. The second-order valence-corrected chi connectivity index (χ2v) is 6.91. The van der Waals surface area contributed by atoms with Crippen LogP contribution >= 0.6 is 11.6 Å². The van der Waals surface area contributed by atoms with Crippen molar-refractivity contribution in [1.82, 2.24) is 9.78 Å². The zero-order valence-corrected chi connectivity index (χ0v) is 17.6. The van der Waals surface area contributed by atoms with Gasteiger partial charge in [0.25, 0.3) is 0 Å². The number of ether oxygens (including phenoxy) is 2. The van der Waals surface area contributed by atoms with Gasteiger partial charge in [-0.2, -0.15) is 5.10 Å². The lowest BCUT2D eigenvalue weighted by atomic mass is 10.2. The smallest absolute Gasteiger partial charge is 0.341 e. The third kappa shape index (κ3) is 4.99. The number of carbonyl (C=O) groups is 2. The predicted molar refractivity (Wildman–Crippen MR) is 111 cm³/mol. The van der Waals surface area contributed by atoms with Crippen LogP contribution in [-0.2, 0) is 27.4 Å². The SMILES string of the molecule is COC(=O)c1cc(COC(=O)C=Cc2c(C)nn(Cc3ccccc3)c2Cl)oc1C. The quantitative estimate of drug-likeness (QED) is 0.411. The first-order chi connectivity index (χ1) is 14.4. The second kappa shape index (κ2) is 9.45. The summed E-state index contributed by atoms with van der Waals surface area (Å²) >= 11 is 6.44. The number of aromatic nitrogens is 2. The summed E-state index contributed by atoms with van der Waals surface area (Å²) in [6.07, 6.45) is 2.85. The molecule has 0 saturated heterocycles. The van der Waals surface area contributed by atoms with Crippen molar-refractivity contribution in [3.63, 3.8) is 0 Å². The molecule has 30 heavy (non-hydrogen) atoms. The fourth-order valence-electron chi connectivity index (χ4n) is 2.89. The van der Waals surface area contributed by atoms with Gasteiger partial charge in [0.15, 0.2) is 0 Å². The summed E-state index contributed by atoms with van der Waals surface area (Å²) < 4.78 is 16.9. The monoisotopic (exact) mass is 428 g/mol. The molecule has 0 amide bonds. The molecule has 3 rings (SSSR count). The van der Waals surface area contributed by atoms with Crippen molar-refractivity contribution in [2.24, 2.45) is 0 Å². The topological polar surface area (TPSA) is 83.6 Å². The largest absolute Gasteiger partial charge is 0.465 e. The molecule has 0 aliphatic rings. The number of methoxy groups -OCH3 is 1. The van der Waals surface area contributed by atoms with Crippen LogP contribution in [0.3, 0.4) is 0 Å². The lowest BCUT2D eigenvalue weighted by Gasteiger charge is -2.03. The molecule has 0 bridgehead atoms. The van der Waals surface area contributed by atoms with E-state index in [0.29, 0.717) is 40.0 Å². The lowest BCUT2D eigenvalue weighted by Crippen LogP contribution is -2.02. The van der Waals surface area contributed by atoms with Crippen LogP contribution in [0.4, 0.5) is 0 Å². The molecule has 0 fully saturated rings. The zero-order chi connectivity index (χ0) is 21.7. The number of carbonyl (C=O) groups excluding carboxylic acids is 2. The molecule has 0 saturated carbocycles. The van der Waals surface area contributed by atoms with Crippen LogP contribution in [-0.4, -0.2) is 28.8 Å². The number of hydrogen-bond donors (Lipinski definition) is 0. The Bertz CT molecular complexity index is 1080. The van der Waals surface area contributed by atoms with E-state index < -0.39 is 11.9 Å². The summed E-state index contributed by atoms with van der Waals surface area (Å²) in [7, 11) is 1.29. The maximum absolute atomic E-state index is 12.1. The van der Waals surface area contributed by atoms with E-state index in [1.807, 2.05) is 37.3 Å². The van der Waals surface area contributed by atoms with Crippen LogP contribution < -0.4 is 0 Å². The fraction of sp³-hybridized carbons (Fsp3) is 0.227. The molecule has 0 aliphatic heterocycles. The fourth-order valence-corrected chi connectivity index (χ4v) is 3.18. The molecule has 1 aromatic carbocycles. The van der Waals surface area contributed by atoms with E-state index in [9.17, 15) is 9.59 Å². The minimum atomic E-state index is -0.574. The number of hydrogen-bond acceptors (Lipinski definition) is 6. The highest BCUT2D eigenvalue weighted by molar-refractivity contribution is 6.31. The molecule has 0 N–H and O–H groups in total. The van der Waals surface area contributed by atoms with E-state index in [2.05, 4.69) is 9.84 Å². The minimum Gasteiger partial charge on any atom is -0.465 e. The maximum Gasteiger partial charge on any atom is 0.341 e. The number of halogens is 1. The number of aryl methyl sites for hydroxylation is 2. The third-order valence-corrected chi connectivity index (χ3v) is 4.80. The first-order valence-electron chi connectivity index (χ1n) is 9.18. The van der Waals surface area contributed by atoms with Gasteiger partial charge < -0.3 is 13.9 Å². The Balaban J connectivity index is 1.63. The van der Waals surface area contributed by atoms with Crippen LogP contribution in [0.25, 0.3) is 6.08 Å². The summed E-state index contributed by atoms with van der Waals surface area (Å²) in [5, 5.41) is 4.87. The normalized spacial score (nSPS) is 11.1. The molecule has 0 aliphatic carbocycles. The lowest BCUT2D eigenvalue weighted by molar-refractivity contribution is -0.139. The van der Waals surface area contributed by atoms with Crippen molar-refractivity contribution in [3.8, 4) is 0 Å². The van der Waals surface area contributed by atoms with E-state index in [4.69, 9.17) is 20.8 Å². The summed E-state index contributed by atoms with van der Waals surface area (Å²) in [6, 6.07) is 11.3. The first kappa shape index (κ1) is 21.4. The van der Waals surface area contributed by atoms with Crippen LogP contribution in [0.15, 0.2) is 46.9 Å². The number of benzene rings is 1. The van der Waals surface area contributed by atoms with Crippen LogP contribution in [0.2, 0.25) is 5.15 Å². The highest BCUT2D eigenvalue weighted by Crippen LogP contribution is 2.22. The number of rotatable bonds is 7. The Morgan fingerprint density at radius 3 is 2.67 bits per heavy atom. The van der Waals surface area contributed by atoms with Crippen molar-refractivity contribution in [2.45, 2.75) is 27.0 Å². The van der Waals surface area contributed by atoms with E-state index in [1.165, 1.54) is 19.3 Å². The Morgan fingerprint density at radius 1 is 1.23 bits per heavy atom. The van der Waals surface area contributed by atoms with Crippen LogP contribution in [0, 0.1) is 13.8 Å². The average molecular weight is 429 g/mol. The summed E-state index contributed by atoms with van der Waals surface area (Å²) in [4.78, 5) is 23.7. The number of furan rings is 1. The van der Waals surface area contributed by atoms with Gasteiger partial charge in [-0.3, -0.25) is 0 Å². The molecule has 0 radical (unpaired) electrons. The highest BCUT2D eigenvalue weighted by atomic mass is 35.5. The van der Waals surface area contributed by atoms with Crippen molar-refractivity contribution in [3.05, 3.63) is 81.5 Å². The Hall–Kier alpha value is -3.32. The average Bonchev–Trinajstić information content (AvgIpc) is 3.24. The molecule has 156 valence electrons. The minimum absolute atomic E-state index is 0.110. The molecule has 0 unspecified atom stereocenters. The van der Waals surface area contributed by atoms with Gasteiger partial charge in [-0.25, -0.2) is 14.3 Å². The van der Waals surface area contributed by atoms with Crippen molar-refractivity contribution >= 4 is 29.6 Å². The van der Waals surface area contributed by atoms with Gasteiger partial charge in [0.1, 0.15) is 28.8 Å². The van der Waals surface area contributed by atoms with Crippen LogP contribution in [0.1, 0.15) is 38.7 Å². The number of esters is 2. The molecule has 2 heterocycles. The molecular formula is C22H21ClN2O5. The summed E-state index contributed by atoms with van der Waals surface area (Å²) in [5.74, 6) is -0.336. The van der Waals surface area contributed by atoms with Gasteiger partial charge in [-0.05, 0) is 31.6 Å². The Morgan fingerprint density at radius 2 is 1.97 bits per heavy atom. The molecule has 3 aromatic rings. The van der Waals surface area contributed by atoms with E-state index in [-0.39, 0.29) is 6.61 Å². The second-order valence-electron chi connectivity index (χ2n) is 6.55. The van der Waals surface area contributed by atoms with Crippen molar-refractivity contribution < 1.29 is 23.5 Å². The first-order valence-corrected chi connectivity index (χ1v) is 9.56. The van der Waals surface area contributed by atoms with E-state index >= 15 is 0 Å². The Labute approximate surface area is 178 Å². The van der Waals surface area contributed by atoms with Crippen LogP contribution in [0.5, 0.6) is 0 Å². The third-order valence-electron chi connectivity index (χ3n) is 4.40. The Kier molecular flexibility index (Phi) is 6.74. The van der Waals surface area contributed by atoms with Gasteiger partial charge >= 0.3 is 11.9 Å². The molecule has 7 nitrogen and oxygen atoms in total. The molecule has 0 atom stereocenters. The van der Waals surface area contributed by atoms with Gasteiger partial charge in [0.05, 0.1) is 19.3 Å². The molecule has 0 spiro atoms. The van der Waals surface area contributed by atoms with Crippen molar-refractivity contribution in [2.75, 3.05) is 7.11 Å². The van der Waals surface area contributed by atoms with Gasteiger partial charge in [0, 0.05) is 11.6 Å². The molecule has 8 heteroatoms. The summed E-state index contributed by atoms with van der Waals surface area (Å²) in [5.41, 5.74) is 2.71. The van der Waals surface area contributed by atoms with Gasteiger partial charge in [-0.1, -0.05) is 41.9 Å². The van der Waals surface area contributed by atoms with Crippen molar-refractivity contribution in [1.29, 1.82) is 0 Å². The number of nitrogens with zero attached hydrogens (tertiary/aromatic N) is 2. The molecular weight excluding hydrogens is 408 g/mol. The summed E-state index contributed by atoms with van der Waals surface area (Å²) in [6.45, 7) is 3.87. The predicted octanol–water partition coefficient (Wildman–Crippen LogP) is 4.34. The maximum atomic E-state index is 12.1. The van der Waals surface area contributed by atoms with E-state index in [0.717, 1.165) is 5.56 Å². The van der Waals surface area contributed by atoms with Gasteiger partial charge in [-0.15, -0.1) is 0 Å². The molecule has 2 aromatic heterocycles. The highest BCUT2D eigenvalue weighted by Gasteiger charge is 2.16.